The molecule has 5 heterocycles. The van der Waals surface area contributed by atoms with Crippen LogP contribution in [0.5, 0.6) is 11.5 Å². The molecule has 3 aliphatic heterocycles. The number of nitrogens with two attached hydrogens (primary N) is 1. The average molecular weight is 646 g/mol. The number of para-hydroxylation sites is 2. The van der Waals surface area contributed by atoms with Crippen LogP contribution < -0.4 is 25.6 Å². The molecule has 4 N–H and O–H groups in total. The minimum Gasteiger partial charge on any atom is -0.507 e. The topological polar surface area (TPSA) is 129 Å². The molecule has 0 aliphatic carbocycles. The Bertz CT molecular complexity index is 1750. The number of phenols is 1. The second-order valence-corrected chi connectivity index (χ2v) is 12.6. The maximum absolute atomic E-state index is 10.3. The molecule has 48 heavy (non-hydrogen) atoms. The summed E-state index contributed by atoms with van der Waals surface area (Å²) in [6.45, 7) is 7.57. The molecule has 3 aliphatic rings. The summed E-state index contributed by atoms with van der Waals surface area (Å²) in [5.74, 6) is 9.11. The third-order valence-electron chi connectivity index (χ3n) is 9.59. The van der Waals surface area contributed by atoms with Crippen LogP contribution in [-0.2, 0) is 0 Å². The van der Waals surface area contributed by atoms with E-state index < -0.39 is 0 Å². The summed E-state index contributed by atoms with van der Waals surface area (Å²) in [6.07, 6.45) is 8.47. The van der Waals surface area contributed by atoms with Gasteiger partial charge in [-0.15, -0.1) is 10.2 Å². The largest absolute Gasteiger partial charge is 0.507 e. The van der Waals surface area contributed by atoms with Crippen molar-refractivity contribution in [2.75, 3.05) is 74.1 Å². The van der Waals surface area contributed by atoms with Gasteiger partial charge in [0.1, 0.15) is 11.5 Å². The number of fused-ring (bicyclic) bond motifs is 3. The Balaban J connectivity index is 0.868. The van der Waals surface area contributed by atoms with E-state index in [1.54, 1.807) is 6.07 Å². The first-order valence-corrected chi connectivity index (χ1v) is 17.0. The van der Waals surface area contributed by atoms with E-state index in [1.165, 1.54) is 5.56 Å². The van der Waals surface area contributed by atoms with Crippen LogP contribution in [0.25, 0.3) is 11.3 Å². The molecule has 248 valence electrons. The van der Waals surface area contributed by atoms with Gasteiger partial charge >= 0.3 is 0 Å². The Hall–Kier alpha value is -4.92. The number of nitrogens with one attached hydrogen (secondary N) is 1. The lowest BCUT2D eigenvalue weighted by Crippen LogP contribution is -2.58. The highest BCUT2D eigenvalue weighted by atomic mass is 16.5. The summed E-state index contributed by atoms with van der Waals surface area (Å²) in [5.41, 5.74) is 10.0. The van der Waals surface area contributed by atoms with Gasteiger partial charge in [-0.3, -0.25) is 0 Å². The van der Waals surface area contributed by atoms with Crippen molar-refractivity contribution >= 4 is 17.5 Å². The van der Waals surface area contributed by atoms with Crippen molar-refractivity contribution in [2.24, 2.45) is 5.73 Å². The molecule has 7 rings (SSSR count). The predicted molar refractivity (Wildman–Crippen MR) is 189 cm³/mol. The van der Waals surface area contributed by atoms with Crippen LogP contribution in [0.3, 0.4) is 0 Å². The van der Waals surface area contributed by atoms with E-state index in [2.05, 4.69) is 42.1 Å². The number of piperidine rings is 1. The van der Waals surface area contributed by atoms with Gasteiger partial charge in [0.15, 0.2) is 5.82 Å². The molecule has 0 amide bonds. The molecular formula is C37H43N9O2. The third kappa shape index (κ3) is 7.15. The number of unbranched alkanes of at least 4 members (excludes halogenated alkanes) is 1. The highest BCUT2D eigenvalue weighted by molar-refractivity contribution is 5.76. The van der Waals surface area contributed by atoms with Gasteiger partial charge in [0.05, 0.1) is 36.1 Å². The lowest BCUT2D eigenvalue weighted by Gasteiger charge is -2.45. The lowest BCUT2D eigenvalue weighted by atomic mass is 9.91. The number of nitrogens with zero attached hydrogens (tertiary/aromatic N) is 7. The van der Waals surface area contributed by atoms with Crippen LogP contribution in [0.2, 0.25) is 0 Å². The average Bonchev–Trinajstić information content (AvgIpc) is 3.14. The zero-order valence-corrected chi connectivity index (χ0v) is 27.3. The quantitative estimate of drug-likeness (QED) is 0.180. The predicted octanol–water partition coefficient (Wildman–Crippen LogP) is 4.11. The first-order chi connectivity index (χ1) is 23.7. The van der Waals surface area contributed by atoms with Crippen LogP contribution in [-0.4, -0.2) is 95.2 Å². The van der Waals surface area contributed by atoms with E-state index in [-0.39, 0.29) is 11.8 Å². The van der Waals surface area contributed by atoms with E-state index >= 15 is 0 Å². The van der Waals surface area contributed by atoms with Crippen molar-refractivity contribution in [3.63, 3.8) is 0 Å². The second-order valence-electron chi connectivity index (χ2n) is 12.6. The zero-order valence-electron chi connectivity index (χ0n) is 27.3. The van der Waals surface area contributed by atoms with Crippen molar-refractivity contribution in [3.8, 4) is 34.6 Å². The molecule has 2 saturated heterocycles. The van der Waals surface area contributed by atoms with Crippen LogP contribution in [0.1, 0.15) is 42.7 Å². The van der Waals surface area contributed by atoms with E-state index in [1.807, 2.05) is 60.9 Å². The van der Waals surface area contributed by atoms with Crippen molar-refractivity contribution < 1.29 is 9.84 Å². The molecule has 2 aromatic heterocycles. The minimum atomic E-state index is 0.202. The van der Waals surface area contributed by atoms with Crippen molar-refractivity contribution in [3.05, 3.63) is 78.1 Å². The van der Waals surface area contributed by atoms with Gasteiger partial charge in [-0.25, -0.2) is 9.97 Å². The molecule has 2 fully saturated rings. The number of rotatable bonds is 9. The Morgan fingerprint density at radius 2 is 1.77 bits per heavy atom. The molecule has 0 saturated carbocycles. The maximum Gasteiger partial charge on any atom is 0.225 e. The number of anilines is 3. The number of aromatic hydroxyl groups is 1. The van der Waals surface area contributed by atoms with Crippen LogP contribution >= 0.6 is 0 Å². The third-order valence-corrected chi connectivity index (χ3v) is 9.59. The van der Waals surface area contributed by atoms with E-state index in [4.69, 9.17) is 20.4 Å². The normalized spacial score (nSPS) is 17.9. The Morgan fingerprint density at radius 3 is 2.60 bits per heavy atom. The Morgan fingerprint density at radius 1 is 0.958 bits per heavy atom. The highest BCUT2D eigenvalue weighted by Crippen LogP contribution is 2.36. The molecule has 0 radical (unpaired) electrons. The number of hydrogen-bond donors (Lipinski definition) is 3. The van der Waals surface area contributed by atoms with Gasteiger partial charge in [0, 0.05) is 44.1 Å². The standard InChI is InChI=1S/C37H43N9O2/c38-15-7-9-28-8-1-4-12-35(28)48-21-6-5-16-44-17-13-27(14-18-44)29-23-40-37(41-24-29)45-19-20-46-30(26-45)25-39-36-33(46)22-32(42-43-36)31-10-2-3-11-34(31)47/h1-4,8,10-12,22-24,27,30,47H,5-6,13-21,25-26,38H2,(H,39,43)/t30-/m0/s1. The molecule has 4 aromatic rings. The van der Waals surface area contributed by atoms with Crippen molar-refractivity contribution in [1.82, 2.24) is 25.1 Å². The molecule has 0 spiro atoms. The van der Waals surface area contributed by atoms with E-state index in [9.17, 15) is 5.11 Å². The second kappa shape index (κ2) is 14.9. The maximum atomic E-state index is 10.3. The first kappa shape index (κ1) is 31.7. The fourth-order valence-electron chi connectivity index (χ4n) is 6.95. The fourth-order valence-corrected chi connectivity index (χ4v) is 6.95. The SMILES string of the molecule is NCC#Cc1ccccc1OCCCCN1CCC(c2cnc(N3CCN4c5cc(-c6ccccc6O)nnc5NC[C@H]4C3)nc2)CC1. The number of benzene rings is 2. The van der Waals surface area contributed by atoms with Crippen molar-refractivity contribution in [2.45, 2.75) is 37.6 Å². The van der Waals surface area contributed by atoms with Gasteiger partial charge in [0.25, 0.3) is 0 Å². The summed E-state index contributed by atoms with van der Waals surface area (Å²) in [5, 5.41) is 22.6. The molecular weight excluding hydrogens is 602 g/mol. The van der Waals surface area contributed by atoms with Gasteiger partial charge in [-0.05, 0) is 87.1 Å². The lowest BCUT2D eigenvalue weighted by molar-refractivity contribution is 0.202. The number of piperazine rings is 1. The monoisotopic (exact) mass is 645 g/mol. The van der Waals surface area contributed by atoms with Crippen LogP contribution in [0.4, 0.5) is 17.5 Å². The van der Waals surface area contributed by atoms with Gasteiger partial charge in [0.2, 0.25) is 5.95 Å². The number of hydrogen-bond acceptors (Lipinski definition) is 11. The summed E-state index contributed by atoms with van der Waals surface area (Å²) in [7, 11) is 0. The number of ether oxygens (including phenoxy) is 1. The molecule has 2 aromatic carbocycles. The molecule has 0 unspecified atom stereocenters. The van der Waals surface area contributed by atoms with Crippen molar-refractivity contribution in [1.29, 1.82) is 0 Å². The Labute approximate surface area is 282 Å². The number of phenolic OH excluding ortho intramolecular Hbond substituents is 1. The fraction of sp³-hybridized carbons (Fsp3) is 0.405. The number of aromatic nitrogens is 4. The first-order valence-electron chi connectivity index (χ1n) is 17.0. The van der Waals surface area contributed by atoms with Crippen LogP contribution in [0, 0.1) is 11.8 Å². The summed E-state index contributed by atoms with van der Waals surface area (Å²) in [4.78, 5) is 16.9. The minimum absolute atomic E-state index is 0.202. The Kier molecular flexibility index (Phi) is 9.82. The molecule has 11 nitrogen and oxygen atoms in total. The zero-order chi connectivity index (χ0) is 32.7. The smallest absolute Gasteiger partial charge is 0.225 e. The van der Waals surface area contributed by atoms with Gasteiger partial charge in [-0.1, -0.05) is 36.1 Å². The van der Waals surface area contributed by atoms with Gasteiger partial charge in [-0.2, -0.15) is 0 Å². The van der Waals surface area contributed by atoms with E-state index in [0.717, 1.165) is 100 Å². The van der Waals surface area contributed by atoms with Crippen LogP contribution in [0.15, 0.2) is 67.0 Å². The summed E-state index contributed by atoms with van der Waals surface area (Å²) >= 11 is 0. The van der Waals surface area contributed by atoms with Gasteiger partial charge < -0.3 is 35.6 Å². The molecule has 1 atom stereocenters. The number of likely N-dealkylation sites (tertiary alicyclic amines) is 1. The summed E-state index contributed by atoms with van der Waals surface area (Å²) < 4.78 is 6.02. The van der Waals surface area contributed by atoms with E-state index in [0.29, 0.717) is 30.3 Å². The molecule has 0 bridgehead atoms. The highest BCUT2D eigenvalue weighted by Gasteiger charge is 2.34. The summed E-state index contributed by atoms with van der Waals surface area (Å²) in [6, 6.07) is 17.4. The molecule has 11 heteroatoms.